The molecule has 0 bridgehead atoms. The number of amides is 2. The fourth-order valence-corrected chi connectivity index (χ4v) is 4.42. The lowest BCUT2D eigenvalue weighted by Crippen LogP contribution is -2.33. The smallest absolute Gasteiger partial charge is 0.435 e. The third-order valence-electron chi connectivity index (χ3n) is 6.47. The molecule has 0 aliphatic rings. The van der Waals surface area contributed by atoms with E-state index in [1.165, 1.54) is 0 Å². The van der Waals surface area contributed by atoms with Crippen molar-refractivity contribution in [2.45, 2.75) is 29.9 Å². The molecule has 1 unspecified atom stereocenters. The van der Waals surface area contributed by atoms with Crippen LogP contribution >= 0.6 is 34.8 Å². The number of nitrogens with one attached hydrogen (secondary N) is 2. The summed E-state index contributed by atoms with van der Waals surface area (Å²) in [4.78, 5) is 29.3. The molecule has 46 heavy (non-hydrogen) atoms. The molecule has 2 amide bonds. The topological polar surface area (TPSA) is 124 Å². The van der Waals surface area contributed by atoms with Crippen LogP contribution in [0.15, 0.2) is 108 Å². The molecule has 4 aromatic rings. The molecule has 0 fully saturated rings. The number of carbonyl (C=O) groups is 2. The summed E-state index contributed by atoms with van der Waals surface area (Å²) in [7, 11) is 0. The first-order valence-electron chi connectivity index (χ1n) is 14.3. The number of hydrogen-bond acceptors (Lipinski definition) is 6. The highest BCUT2D eigenvalue weighted by Crippen LogP contribution is 2.33. The van der Waals surface area contributed by atoms with E-state index in [9.17, 15) is 9.59 Å². The van der Waals surface area contributed by atoms with Crippen LogP contribution in [0.1, 0.15) is 35.2 Å². The zero-order chi connectivity index (χ0) is 32.9. The van der Waals surface area contributed by atoms with E-state index in [1.807, 2.05) is 73.7 Å². The van der Waals surface area contributed by atoms with E-state index in [0.29, 0.717) is 48.1 Å². The maximum atomic E-state index is 13.7. The first-order valence-corrected chi connectivity index (χ1v) is 15.4. The molecule has 4 aromatic carbocycles. The zero-order valence-corrected chi connectivity index (χ0v) is 27.2. The number of nitrogens with two attached hydrogens (primary N) is 1. The summed E-state index contributed by atoms with van der Waals surface area (Å²) in [6.45, 7) is 2.52. The van der Waals surface area contributed by atoms with Crippen molar-refractivity contribution < 1.29 is 23.8 Å². The minimum atomic E-state index is -1.77. The summed E-state index contributed by atoms with van der Waals surface area (Å²) in [5, 5.41) is 6.31. The number of hydrogen-bond donors (Lipinski definition) is 3. The first-order chi connectivity index (χ1) is 22.1. The molecule has 0 saturated carbocycles. The van der Waals surface area contributed by atoms with Crippen LogP contribution in [-0.2, 0) is 22.7 Å². The zero-order valence-electron chi connectivity index (χ0n) is 24.9. The van der Waals surface area contributed by atoms with Crippen LogP contribution in [0.4, 0.5) is 10.5 Å². The van der Waals surface area contributed by atoms with Gasteiger partial charge in [0.15, 0.2) is 11.5 Å². The van der Waals surface area contributed by atoms with Gasteiger partial charge in [-0.15, -0.1) is 0 Å². The lowest BCUT2D eigenvalue weighted by atomic mass is 10.0. The number of ether oxygens (including phenoxy) is 3. The summed E-state index contributed by atoms with van der Waals surface area (Å²) < 4.78 is 15.0. The van der Waals surface area contributed by atoms with Gasteiger partial charge in [0, 0.05) is 17.8 Å². The number of benzene rings is 4. The highest BCUT2D eigenvalue weighted by atomic mass is 35.6. The largest absolute Gasteiger partial charge is 0.490 e. The average Bonchev–Trinajstić information content (AvgIpc) is 3.05. The number of rotatable bonds is 13. The monoisotopic (exact) mass is 682 g/mol. The third-order valence-corrected chi connectivity index (χ3v) is 6.80. The maximum absolute atomic E-state index is 13.7. The first kappa shape index (κ1) is 34.4. The Morgan fingerprint density at radius 2 is 1.50 bits per heavy atom. The van der Waals surface area contributed by atoms with E-state index in [4.69, 9.17) is 54.7 Å². The van der Waals surface area contributed by atoms with Gasteiger partial charge in [0.2, 0.25) is 9.70 Å². The Hall–Kier alpha value is -4.44. The number of aliphatic imine (C=N–C) groups is 1. The maximum Gasteiger partial charge on any atom is 0.435 e. The van der Waals surface area contributed by atoms with E-state index in [2.05, 4.69) is 15.6 Å². The van der Waals surface area contributed by atoms with E-state index in [-0.39, 0.29) is 11.7 Å². The van der Waals surface area contributed by atoms with Gasteiger partial charge >= 0.3 is 6.09 Å². The van der Waals surface area contributed by atoms with Gasteiger partial charge in [0.25, 0.3) is 0 Å². The Balaban J connectivity index is 1.55. The summed E-state index contributed by atoms with van der Waals surface area (Å²) >= 11 is 16.8. The summed E-state index contributed by atoms with van der Waals surface area (Å²) in [5.41, 5.74) is 9.67. The molecule has 0 aromatic heterocycles. The van der Waals surface area contributed by atoms with Gasteiger partial charge in [-0.25, -0.2) is 4.79 Å². The summed E-state index contributed by atoms with van der Waals surface area (Å²) in [6.07, 6.45) is -0.998. The standard InChI is InChI=1S/C34H33Cl3N4O5/c1-2-44-29-19-26(15-18-28(29)45-21-24-11-7-4-8-12-24)30(32(42)39-20-23-9-5-3-6-10-23)40-27-16-13-25(14-17-27)31(38)41-33(43)46-22-34(35,36)37/h3-19,30,40H,2,20-22H2,1H3,(H,39,42)(H2,38,41,43). The van der Waals surface area contributed by atoms with Gasteiger partial charge in [-0.1, -0.05) is 102 Å². The number of amidine groups is 1. The molecule has 1 atom stereocenters. The fraction of sp³-hybridized carbons (Fsp3) is 0.206. The normalized spacial score (nSPS) is 12.1. The van der Waals surface area contributed by atoms with Gasteiger partial charge in [0.1, 0.15) is 25.1 Å². The van der Waals surface area contributed by atoms with E-state index in [1.54, 1.807) is 36.4 Å². The number of alkyl halides is 3. The van der Waals surface area contributed by atoms with Gasteiger partial charge in [-0.05, 0) is 60.0 Å². The molecule has 0 saturated heterocycles. The lowest BCUT2D eigenvalue weighted by Gasteiger charge is -2.22. The Labute approximate surface area is 282 Å². The van der Waals surface area contributed by atoms with Crippen LogP contribution in [0, 0.1) is 0 Å². The van der Waals surface area contributed by atoms with Crippen molar-refractivity contribution in [2.24, 2.45) is 10.7 Å². The van der Waals surface area contributed by atoms with Crippen molar-refractivity contribution in [1.29, 1.82) is 0 Å². The number of nitrogens with zero attached hydrogens (tertiary/aromatic N) is 1. The summed E-state index contributed by atoms with van der Waals surface area (Å²) in [5.74, 6) is 0.723. The van der Waals surface area contributed by atoms with E-state index >= 15 is 0 Å². The van der Waals surface area contributed by atoms with Crippen molar-refractivity contribution >= 4 is 58.3 Å². The Bertz CT molecular complexity index is 1620. The second-order valence-corrected chi connectivity index (χ2v) is 12.5. The number of halogens is 3. The van der Waals surface area contributed by atoms with Crippen LogP contribution in [0.2, 0.25) is 0 Å². The van der Waals surface area contributed by atoms with Gasteiger partial charge < -0.3 is 30.6 Å². The van der Waals surface area contributed by atoms with E-state index < -0.39 is 22.5 Å². The molecule has 0 radical (unpaired) electrons. The SMILES string of the molecule is CCOc1cc(C(Nc2ccc(C(N)=NC(=O)OCC(Cl)(Cl)Cl)cc2)C(=O)NCc2ccccc2)ccc1OCc1ccccc1. The molecule has 9 nitrogen and oxygen atoms in total. The molecular formula is C34H33Cl3N4O5. The predicted molar refractivity (Wildman–Crippen MR) is 182 cm³/mol. The minimum Gasteiger partial charge on any atom is -0.490 e. The quantitative estimate of drug-likeness (QED) is 0.0765. The van der Waals surface area contributed by atoms with E-state index in [0.717, 1.165) is 11.1 Å². The summed E-state index contributed by atoms with van der Waals surface area (Å²) in [6, 6.07) is 30.8. The Morgan fingerprint density at radius 1 is 0.848 bits per heavy atom. The lowest BCUT2D eigenvalue weighted by molar-refractivity contribution is -0.122. The van der Waals surface area contributed by atoms with Crippen LogP contribution in [0.3, 0.4) is 0 Å². The highest BCUT2D eigenvalue weighted by Gasteiger charge is 2.24. The molecule has 0 spiro atoms. The molecule has 240 valence electrons. The van der Waals surface area contributed by atoms with Gasteiger partial charge in [0.05, 0.1) is 6.61 Å². The Morgan fingerprint density at radius 3 is 2.13 bits per heavy atom. The molecule has 0 heterocycles. The van der Waals surface area contributed by atoms with Crippen LogP contribution in [-0.4, -0.2) is 34.8 Å². The second-order valence-electron chi connectivity index (χ2n) is 9.94. The number of anilines is 1. The van der Waals surface area contributed by atoms with Crippen LogP contribution in [0.25, 0.3) is 0 Å². The fourth-order valence-electron chi connectivity index (χ4n) is 4.26. The highest BCUT2D eigenvalue weighted by molar-refractivity contribution is 6.67. The molecule has 4 rings (SSSR count). The van der Waals surface area contributed by atoms with Gasteiger partial charge in [-0.3, -0.25) is 4.79 Å². The van der Waals surface area contributed by atoms with Crippen molar-refractivity contribution in [1.82, 2.24) is 5.32 Å². The van der Waals surface area contributed by atoms with Crippen molar-refractivity contribution in [3.63, 3.8) is 0 Å². The molecule has 4 N–H and O–H groups in total. The van der Waals surface area contributed by atoms with Crippen LogP contribution in [0.5, 0.6) is 11.5 Å². The molecular weight excluding hydrogens is 651 g/mol. The second kappa shape index (κ2) is 16.7. The van der Waals surface area contributed by atoms with Crippen molar-refractivity contribution in [2.75, 3.05) is 18.5 Å². The van der Waals surface area contributed by atoms with Gasteiger partial charge in [-0.2, -0.15) is 4.99 Å². The Kier molecular flexibility index (Phi) is 12.5. The molecule has 12 heteroatoms. The van der Waals surface area contributed by atoms with Crippen LogP contribution < -0.4 is 25.8 Å². The minimum absolute atomic E-state index is 0.0922. The average molecular weight is 684 g/mol. The third kappa shape index (κ3) is 10.9. The number of carbonyl (C=O) groups excluding carboxylic acids is 2. The van der Waals surface area contributed by atoms with Crippen molar-refractivity contribution in [3.05, 3.63) is 125 Å². The molecule has 0 aliphatic carbocycles. The van der Waals surface area contributed by atoms with Crippen molar-refractivity contribution in [3.8, 4) is 11.5 Å². The predicted octanol–water partition coefficient (Wildman–Crippen LogP) is 7.35. The molecule has 0 aliphatic heterocycles.